The van der Waals surface area contributed by atoms with Crippen molar-refractivity contribution < 1.29 is 9.66 Å². The summed E-state index contributed by atoms with van der Waals surface area (Å²) in [4.78, 5) is 10.8. The highest BCUT2D eigenvalue weighted by Crippen LogP contribution is 2.44. The first-order valence-corrected chi connectivity index (χ1v) is 6.41. The third kappa shape index (κ3) is 2.30. The topological polar surface area (TPSA) is 78.4 Å². The van der Waals surface area contributed by atoms with Crippen LogP contribution in [0.1, 0.15) is 31.4 Å². The van der Waals surface area contributed by atoms with Crippen LogP contribution in [0, 0.1) is 29.4 Å². The first kappa shape index (κ1) is 13.8. The highest BCUT2D eigenvalue weighted by molar-refractivity contribution is 5.53. The highest BCUT2D eigenvalue weighted by Gasteiger charge is 2.48. The minimum absolute atomic E-state index is 0.0359. The third-order valence-corrected chi connectivity index (χ3v) is 4.11. The van der Waals surface area contributed by atoms with E-state index in [-0.39, 0.29) is 28.2 Å². The van der Waals surface area contributed by atoms with Crippen molar-refractivity contribution in [1.29, 1.82) is 0 Å². The Labute approximate surface area is 112 Å². The first-order chi connectivity index (χ1) is 8.73. The fourth-order valence-electron chi connectivity index (χ4n) is 2.48. The molecule has 2 unspecified atom stereocenters. The average molecular weight is 264 g/mol. The van der Waals surface area contributed by atoms with E-state index < -0.39 is 0 Å². The molecule has 19 heavy (non-hydrogen) atoms. The zero-order chi connectivity index (χ0) is 14.4. The van der Waals surface area contributed by atoms with Crippen LogP contribution >= 0.6 is 0 Å². The lowest BCUT2D eigenvalue weighted by atomic mass is 9.65. The molecule has 0 amide bonds. The predicted octanol–water partition coefficient (Wildman–Crippen LogP) is 2.72. The molecule has 0 radical (unpaired) electrons. The number of nitro groups is 1. The van der Waals surface area contributed by atoms with E-state index in [4.69, 9.17) is 10.5 Å². The Morgan fingerprint density at radius 1 is 1.42 bits per heavy atom. The summed E-state index contributed by atoms with van der Waals surface area (Å²) < 4.78 is 5.89. The van der Waals surface area contributed by atoms with Gasteiger partial charge in [-0.3, -0.25) is 10.1 Å². The lowest BCUT2D eigenvalue weighted by molar-refractivity contribution is -0.386. The molecule has 5 heteroatoms. The summed E-state index contributed by atoms with van der Waals surface area (Å²) in [5.74, 6) is 0.376. The van der Waals surface area contributed by atoms with E-state index in [1.165, 1.54) is 0 Å². The third-order valence-electron chi connectivity index (χ3n) is 4.11. The zero-order valence-electron chi connectivity index (χ0n) is 11.8. The van der Waals surface area contributed by atoms with Crippen molar-refractivity contribution in [2.45, 2.75) is 46.3 Å². The van der Waals surface area contributed by atoms with Crippen molar-refractivity contribution in [3.63, 3.8) is 0 Å². The first-order valence-electron chi connectivity index (χ1n) is 6.41. The standard InChI is InChI=1S/C14H20N2O3/c1-8-5-9(2)13(10(6-8)16(17)18)19-12-7-11(15)14(12,3)4/h5-6,11-12H,7,15H2,1-4H3. The van der Waals surface area contributed by atoms with E-state index in [9.17, 15) is 10.1 Å². The van der Waals surface area contributed by atoms with Crippen LogP contribution < -0.4 is 10.5 Å². The number of hydrogen-bond donors (Lipinski definition) is 1. The average Bonchev–Trinajstić information content (AvgIpc) is 2.30. The molecule has 1 aliphatic rings. The van der Waals surface area contributed by atoms with Crippen molar-refractivity contribution in [3.8, 4) is 5.75 Å². The van der Waals surface area contributed by atoms with Gasteiger partial charge in [0.15, 0.2) is 5.75 Å². The minimum Gasteiger partial charge on any atom is -0.483 e. The molecule has 104 valence electrons. The summed E-state index contributed by atoms with van der Waals surface area (Å²) in [5.41, 5.74) is 7.49. The van der Waals surface area contributed by atoms with E-state index in [0.29, 0.717) is 5.75 Å². The summed E-state index contributed by atoms with van der Waals surface area (Å²) in [5, 5.41) is 11.1. The molecule has 0 aromatic heterocycles. The van der Waals surface area contributed by atoms with E-state index >= 15 is 0 Å². The molecular weight excluding hydrogens is 244 g/mol. The number of hydrogen-bond acceptors (Lipinski definition) is 4. The molecule has 1 fully saturated rings. The molecule has 0 spiro atoms. The molecular formula is C14H20N2O3. The molecule has 0 saturated heterocycles. The molecule has 2 N–H and O–H groups in total. The number of rotatable bonds is 3. The van der Waals surface area contributed by atoms with Crippen LogP contribution in [0.4, 0.5) is 5.69 Å². The van der Waals surface area contributed by atoms with Crippen LogP contribution in [-0.4, -0.2) is 17.1 Å². The molecule has 1 aromatic rings. The van der Waals surface area contributed by atoms with Gasteiger partial charge in [-0.25, -0.2) is 0 Å². The van der Waals surface area contributed by atoms with Gasteiger partial charge in [0.1, 0.15) is 6.10 Å². The fourth-order valence-corrected chi connectivity index (χ4v) is 2.48. The van der Waals surface area contributed by atoms with E-state index in [0.717, 1.165) is 17.5 Å². The Hall–Kier alpha value is -1.62. The Morgan fingerprint density at radius 2 is 2.05 bits per heavy atom. The Balaban J connectivity index is 2.33. The minimum atomic E-state index is -0.388. The van der Waals surface area contributed by atoms with Crippen molar-refractivity contribution >= 4 is 5.69 Å². The number of benzene rings is 1. The van der Waals surface area contributed by atoms with Gasteiger partial charge in [-0.05, 0) is 25.0 Å². The van der Waals surface area contributed by atoms with Crippen molar-refractivity contribution in [1.82, 2.24) is 0 Å². The second-order valence-electron chi connectivity index (χ2n) is 5.96. The number of nitrogens with two attached hydrogens (primary N) is 1. The summed E-state index contributed by atoms with van der Waals surface area (Å²) >= 11 is 0. The number of nitro benzene ring substituents is 1. The summed E-state index contributed by atoms with van der Waals surface area (Å²) in [6.07, 6.45) is 0.667. The molecule has 2 atom stereocenters. The van der Waals surface area contributed by atoms with Crippen LogP contribution in [0.25, 0.3) is 0 Å². The molecule has 0 bridgehead atoms. The normalized spacial score (nSPS) is 24.7. The molecule has 1 saturated carbocycles. The van der Waals surface area contributed by atoms with Crippen molar-refractivity contribution in [3.05, 3.63) is 33.4 Å². The maximum absolute atomic E-state index is 11.1. The van der Waals surface area contributed by atoms with Gasteiger partial charge in [0, 0.05) is 23.9 Å². The van der Waals surface area contributed by atoms with Gasteiger partial charge in [-0.2, -0.15) is 0 Å². The number of aryl methyl sites for hydroxylation is 2. The van der Waals surface area contributed by atoms with Gasteiger partial charge in [0.25, 0.3) is 0 Å². The quantitative estimate of drug-likeness (QED) is 0.672. The van der Waals surface area contributed by atoms with Gasteiger partial charge in [-0.15, -0.1) is 0 Å². The lowest BCUT2D eigenvalue weighted by Gasteiger charge is -2.49. The van der Waals surface area contributed by atoms with Gasteiger partial charge in [0.05, 0.1) is 4.92 Å². The van der Waals surface area contributed by atoms with Crippen LogP contribution in [0.3, 0.4) is 0 Å². The molecule has 5 nitrogen and oxygen atoms in total. The summed E-state index contributed by atoms with van der Waals surface area (Å²) in [6, 6.07) is 3.53. The summed E-state index contributed by atoms with van der Waals surface area (Å²) in [7, 11) is 0. The molecule has 2 rings (SSSR count). The second kappa shape index (κ2) is 4.49. The van der Waals surface area contributed by atoms with Gasteiger partial charge < -0.3 is 10.5 Å². The maximum atomic E-state index is 11.1. The van der Waals surface area contributed by atoms with Crippen molar-refractivity contribution in [2.75, 3.05) is 0 Å². The second-order valence-corrected chi connectivity index (χ2v) is 5.96. The number of nitrogens with zero attached hydrogens (tertiary/aromatic N) is 1. The Morgan fingerprint density at radius 3 is 2.53 bits per heavy atom. The molecule has 0 heterocycles. The Kier molecular flexibility index (Phi) is 3.26. The van der Waals surface area contributed by atoms with E-state index in [2.05, 4.69) is 0 Å². The Bertz CT molecular complexity index is 526. The van der Waals surface area contributed by atoms with Crippen molar-refractivity contribution in [2.24, 2.45) is 11.1 Å². The highest BCUT2D eigenvalue weighted by atomic mass is 16.6. The van der Waals surface area contributed by atoms with Gasteiger partial charge in [-0.1, -0.05) is 19.9 Å². The largest absolute Gasteiger partial charge is 0.483 e. The fraction of sp³-hybridized carbons (Fsp3) is 0.571. The van der Waals surface area contributed by atoms with Crippen LogP contribution in [0.15, 0.2) is 12.1 Å². The van der Waals surface area contributed by atoms with Gasteiger partial charge >= 0.3 is 5.69 Å². The maximum Gasteiger partial charge on any atom is 0.311 e. The molecule has 0 aliphatic heterocycles. The SMILES string of the molecule is Cc1cc(C)c(OC2CC(N)C2(C)C)c([N+](=O)[O-])c1. The predicted molar refractivity (Wildman–Crippen MR) is 73.4 cm³/mol. The lowest BCUT2D eigenvalue weighted by Crippen LogP contribution is -2.60. The van der Waals surface area contributed by atoms with Crippen LogP contribution in [0.2, 0.25) is 0 Å². The van der Waals surface area contributed by atoms with E-state index in [1.54, 1.807) is 6.07 Å². The van der Waals surface area contributed by atoms with Crippen LogP contribution in [0.5, 0.6) is 5.75 Å². The zero-order valence-corrected chi connectivity index (χ0v) is 11.8. The number of ether oxygens (including phenoxy) is 1. The van der Waals surface area contributed by atoms with Crippen LogP contribution in [-0.2, 0) is 0 Å². The molecule has 1 aromatic carbocycles. The van der Waals surface area contributed by atoms with E-state index in [1.807, 2.05) is 33.8 Å². The van der Waals surface area contributed by atoms with Gasteiger partial charge in [0.2, 0.25) is 0 Å². The monoisotopic (exact) mass is 264 g/mol. The summed E-state index contributed by atoms with van der Waals surface area (Å²) in [6.45, 7) is 7.73. The molecule has 1 aliphatic carbocycles. The smallest absolute Gasteiger partial charge is 0.311 e.